The van der Waals surface area contributed by atoms with Crippen molar-refractivity contribution >= 4 is 22.7 Å². The van der Waals surface area contributed by atoms with Crippen LogP contribution in [0.15, 0.2) is 115 Å². The van der Waals surface area contributed by atoms with Gasteiger partial charge in [0.2, 0.25) is 0 Å². The standard InChI is InChI=1S/C26H18O2/c27-25(21-14-8-3-9-15-21)17-22-16-24(20-12-6-2-7-13-20)26(28)18-23(22)19-10-4-1-5-11-19/h1-18H. The smallest absolute Gasteiger partial charge is 0.187 e. The van der Waals surface area contributed by atoms with E-state index >= 15 is 0 Å². The second-order valence-corrected chi connectivity index (χ2v) is 6.54. The molecule has 0 spiro atoms. The second kappa shape index (κ2) is 7.85. The first-order valence-corrected chi connectivity index (χ1v) is 9.12. The summed E-state index contributed by atoms with van der Waals surface area (Å²) in [6.45, 7) is 0. The van der Waals surface area contributed by atoms with Gasteiger partial charge in [0.1, 0.15) is 0 Å². The van der Waals surface area contributed by atoms with Gasteiger partial charge in [-0.25, -0.2) is 0 Å². The van der Waals surface area contributed by atoms with Gasteiger partial charge in [0.05, 0.1) is 0 Å². The summed E-state index contributed by atoms with van der Waals surface area (Å²) in [4.78, 5) is 25.6. The van der Waals surface area contributed by atoms with Crippen molar-refractivity contribution in [3.05, 3.63) is 131 Å². The third kappa shape index (κ3) is 3.67. The molecule has 3 aromatic carbocycles. The molecule has 0 aliphatic heterocycles. The molecule has 28 heavy (non-hydrogen) atoms. The second-order valence-electron chi connectivity index (χ2n) is 6.54. The van der Waals surface area contributed by atoms with Crippen molar-refractivity contribution in [1.29, 1.82) is 0 Å². The highest BCUT2D eigenvalue weighted by Crippen LogP contribution is 2.33. The third-order valence-electron chi connectivity index (χ3n) is 4.67. The van der Waals surface area contributed by atoms with E-state index in [1.165, 1.54) is 0 Å². The van der Waals surface area contributed by atoms with Gasteiger partial charge in [-0.3, -0.25) is 9.59 Å². The Hall–Kier alpha value is -3.78. The first-order chi connectivity index (χ1) is 13.7. The third-order valence-corrected chi connectivity index (χ3v) is 4.67. The van der Waals surface area contributed by atoms with E-state index in [0.29, 0.717) is 11.1 Å². The minimum Gasteiger partial charge on any atom is -0.289 e. The van der Waals surface area contributed by atoms with Gasteiger partial charge in [-0.1, -0.05) is 91.0 Å². The monoisotopic (exact) mass is 362 g/mol. The Morgan fingerprint density at radius 2 is 1.11 bits per heavy atom. The molecule has 0 saturated heterocycles. The first kappa shape index (κ1) is 17.6. The van der Waals surface area contributed by atoms with Crippen LogP contribution in [0.2, 0.25) is 0 Å². The molecule has 0 heterocycles. The van der Waals surface area contributed by atoms with Crippen LogP contribution >= 0.6 is 0 Å². The van der Waals surface area contributed by atoms with E-state index in [0.717, 1.165) is 22.3 Å². The fourth-order valence-electron chi connectivity index (χ4n) is 3.25. The van der Waals surface area contributed by atoms with E-state index in [9.17, 15) is 9.59 Å². The lowest BCUT2D eigenvalue weighted by atomic mass is 9.85. The lowest BCUT2D eigenvalue weighted by molar-refractivity contribution is -0.109. The summed E-state index contributed by atoms with van der Waals surface area (Å²) >= 11 is 0. The summed E-state index contributed by atoms with van der Waals surface area (Å²) in [6, 6.07) is 28.3. The van der Waals surface area contributed by atoms with Crippen molar-refractivity contribution in [3.8, 4) is 0 Å². The van der Waals surface area contributed by atoms with Crippen molar-refractivity contribution in [2.24, 2.45) is 0 Å². The van der Waals surface area contributed by atoms with Crippen LogP contribution in [0, 0.1) is 0 Å². The number of carbonyl (C=O) groups excluding carboxylic acids is 2. The van der Waals surface area contributed by atoms with Gasteiger partial charge in [-0.05, 0) is 40.5 Å². The minimum atomic E-state index is -0.0876. The normalized spacial score (nSPS) is 15.1. The maximum absolute atomic E-state index is 12.8. The molecule has 0 radical (unpaired) electrons. The van der Waals surface area contributed by atoms with E-state index < -0.39 is 0 Å². The molecule has 0 bridgehead atoms. The largest absolute Gasteiger partial charge is 0.289 e. The van der Waals surface area contributed by atoms with Crippen molar-refractivity contribution in [1.82, 2.24) is 0 Å². The van der Waals surface area contributed by atoms with Gasteiger partial charge in [-0.2, -0.15) is 0 Å². The highest BCUT2D eigenvalue weighted by molar-refractivity contribution is 6.31. The maximum Gasteiger partial charge on any atom is 0.187 e. The molecule has 134 valence electrons. The van der Waals surface area contributed by atoms with E-state index in [2.05, 4.69) is 0 Å². The van der Waals surface area contributed by atoms with Gasteiger partial charge in [0, 0.05) is 11.1 Å². The Bertz CT molecular complexity index is 1100. The minimum absolute atomic E-state index is 0.0608. The summed E-state index contributed by atoms with van der Waals surface area (Å²) in [5.74, 6) is -0.148. The topological polar surface area (TPSA) is 34.1 Å². The number of hydrogen-bond donors (Lipinski definition) is 0. The summed E-state index contributed by atoms with van der Waals surface area (Å²) in [5, 5.41) is 0. The maximum atomic E-state index is 12.8. The van der Waals surface area contributed by atoms with Crippen molar-refractivity contribution in [2.75, 3.05) is 0 Å². The number of hydrogen-bond acceptors (Lipinski definition) is 2. The Kier molecular flexibility index (Phi) is 4.94. The predicted octanol–water partition coefficient (Wildman–Crippen LogP) is 5.55. The highest BCUT2D eigenvalue weighted by Gasteiger charge is 2.21. The molecule has 0 N–H and O–H groups in total. The van der Waals surface area contributed by atoms with Crippen LogP contribution in [-0.4, -0.2) is 11.6 Å². The zero-order valence-electron chi connectivity index (χ0n) is 15.2. The molecular formula is C26H18O2. The van der Waals surface area contributed by atoms with Crippen molar-refractivity contribution < 1.29 is 9.59 Å². The van der Waals surface area contributed by atoms with Gasteiger partial charge >= 0.3 is 0 Å². The number of allylic oxidation sites excluding steroid dienone is 6. The quantitative estimate of drug-likeness (QED) is 0.451. The average molecular weight is 362 g/mol. The molecule has 0 aromatic heterocycles. The zero-order chi connectivity index (χ0) is 19.3. The van der Waals surface area contributed by atoms with Crippen LogP contribution in [0.5, 0.6) is 0 Å². The van der Waals surface area contributed by atoms with Crippen LogP contribution in [0.4, 0.5) is 0 Å². The number of ketones is 2. The summed E-state index contributed by atoms with van der Waals surface area (Å²) < 4.78 is 0. The zero-order valence-corrected chi connectivity index (χ0v) is 15.2. The van der Waals surface area contributed by atoms with Gasteiger partial charge in [0.25, 0.3) is 0 Å². The average Bonchev–Trinajstić information content (AvgIpc) is 2.76. The number of rotatable bonds is 4. The van der Waals surface area contributed by atoms with Gasteiger partial charge < -0.3 is 0 Å². The van der Waals surface area contributed by atoms with E-state index in [4.69, 9.17) is 0 Å². The Labute approximate surface area is 164 Å². The predicted molar refractivity (Wildman–Crippen MR) is 113 cm³/mol. The SMILES string of the molecule is O=C1C=C(c2ccccc2)C(=CC(=O)c2ccccc2)C=C1c1ccccc1. The van der Waals surface area contributed by atoms with Crippen LogP contribution in [0.25, 0.3) is 11.1 Å². The fourth-order valence-corrected chi connectivity index (χ4v) is 3.25. The van der Waals surface area contributed by atoms with Crippen LogP contribution in [-0.2, 0) is 4.79 Å². The fraction of sp³-hybridized carbons (Fsp3) is 0. The molecule has 0 atom stereocenters. The molecule has 0 saturated carbocycles. The summed E-state index contributed by atoms with van der Waals surface area (Å²) in [5.41, 5.74) is 4.45. The molecule has 3 aromatic rings. The molecule has 1 aliphatic carbocycles. The summed E-state index contributed by atoms with van der Waals surface area (Å²) in [6.07, 6.45) is 5.06. The Morgan fingerprint density at radius 3 is 1.68 bits per heavy atom. The van der Waals surface area contributed by atoms with Crippen molar-refractivity contribution in [2.45, 2.75) is 0 Å². The molecule has 2 nitrogen and oxygen atoms in total. The first-order valence-electron chi connectivity index (χ1n) is 9.12. The Balaban J connectivity index is 1.82. The molecule has 1 aliphatic rings. The van der Waals surface area contributed by atoms with E-state index in [-0.39, 0.29) is 11.6 Å². The van der Waals surface area contributed by atoms with Crippen LogP contribution in [0.3, 0.4) is 0 Å². The number of benzene rings is 3. The van der Waals surface area contributed by atoms with Crippen LogP contribution < -0.4 is 0 Å². The lowest BCUT2D eigenvalue weighted by Crippen LogP contribution is -2.08. The molecular weight excluding hydrogens is 344 g/mol. The van der Waals surface area contributed by atoms with Crippen molar-refractivity contribution in [3.63, 3.8) is 0 Å². The van der Waals surface area contributed by atoms with Crippen LogP contribution in [0.1, 0.15) is 21.5 Å². The Morgan fingerprint density at radius 1 is 0.607 bits per heavy atom. The molecule has 0 fully saturated rings. The molecule has 0 amide bonds. The summed E-state index contributed by atoms with van der Waals surface area (Å²) in [7, 11) is 0. The number of carbonyl (C=O) groups is 2. The van der Waals surface area contributed by atoms with Gasteiger partial charge in [-0.15, -0.1) is 0 Å². The molecule has 4 rings (SSSR count). The van der Waals surface area contributed by atoms with E-state index in [1.807, 2.05) is 84.9 Å². The highest BCUT2D eigenvalue weighted by atomic mass is 16.1. The molecule has 2 heteroatoms. The molecule has 0 unspecified atom stereocenters. The van der Waals surface area contributed by atoms with Gasteiger partial charge in [0.15, 0.2) is 11.6 Å². The lowest BCUT2D eigenvalue weighted by Gasteiger charge is -2.17. The van der Waals surface area contributed by atoms with E-state index in [1.54, 1.807) is 24.3 Å².